The fourth-order valence-corrected chi connectivity index (χ4v) is 2.30. The molecule has 1 saturated carbocycles. The van der Waals surface area contributed by atoms with Crippen LogP contribution in [0.5, 0.6) is 0 Å². The van der Waals surface area contributed by atoms with E-state index in [1.807, 2.05) is 12.1 Å². The van der Waals surface area contributed by atoms with Crippen molar-refractivity contribution >= 4 is 11.6 Å². The van der Waals surface area contributed by atoms with Crippen molar-refractivity contribution in [3.63, 3.8) is 0 Å². The predicted octanol–water partition coefficient (Wildman–Crippen LogP) is 2.13. The first kappa shape index (κ1) is 10.9. The Labute approximate surface area is 95.8 Å². The molecule has 0 amide bonds. The Balaban J connectivity index is 1.84. The lowest BCUT2D eigenvalue weighted by Crippen LogP contribution is -2.42. The number of hydrogen-bond acceptors (Lipinski definition) is 2. The van der Waals surface area contributed by atoms with Crippen molar-refractivity contribution in [2.45, 2.75) is 24.8 Å². The van der Waals surface area contributed by atoms with Crippen molar-refractivity contribution in [2.75, 3.05) is 13.1 Å². The SMILES string of the molecule is NCCNC1CC(c2cccc(Cl)c2)C1. The summed E-state index contributed by atoms with van der Waals surface area (Å²) in [5.74, 6) is 0.680. The van der Waals surface area contributed by atoms with E-state index in [1.54, 1.807) is 0 Å². The van der Waals surface area contributed by atoms with E-state index in [9.17, 15) is 0 Å². The predicted molar refractivity (Wildman–Crippen MR) is 64.3 cm³/mol. The van der Waals surface area contributed by atoms with Gasteiger partial charge >= 0.3 is 0 Å². The zero-order valence-corrected chi connectivity index (χ0v) is 9.50. The van der Waals surface area contributed by atoms with Crippen LogP contribution in [0, 0.1) is 0 Å². The second-order valence-electron chi connectivity index (χ2n) is 4.16. The van der Waals surface area contributed by atoms with E-state index in [0.717, 1.165) is 18.1 Å². The standard InChI is InChI=1S/C12H17ClN2/c13-11-3-1-2-9(6-11)10-7-12(8-10)15-5-4-14/h1-3,6,10,12,15H,4-5,7-8,14H2. The molecule has 15 heavy (non-hydrogen) atoms. The molecule has 0 atom stereocenters. The highest BCUT2D eigenvalue weighted by atomic mass is 35.5. The maximum atomic E-state index is 5.96. The summed E-state index contributed by atoms with van der Waals surface area (Å²) in [7, 11) is 0. The first-order valence-electron chi connectivity index (χ1n) is 5.48. The molecule has 0 spiro atoms. The average Bonchev–Trinajstić information content (AvgIpc) is 2.16. The van der Waals surface area contributed by atoms with Gasteiger partial charge in [0.05, 0.1) is 0 Å². The van der Waals surface area contributed by atoms with E-state index in [4.69, 9.17) is 17.3 Å². The lowest BCUT2D eigenvalue weighted by Gasteiger charge is -2.36. The van der Waals surface area contributed by atoms with Crippen LogP contribution in [0.2, 0.25) is 5.02 Å². The zero-order valence-electron chi connectivity index (χ0n) is 8.75. The quantitative estimate of drug-likeness (QED) is 0.823. The first-order chi connectivity index (χ1) is 7.29. The van der Waals surface area contributed by atoms with Gasteiger partial charge in [-0.25, -0.2) is 0 Å². The molecule has 0 aromatic heterocycles. The van der Waals surface area contributed by atoms with Crippen LogP contribution >= 0.6 is 11.6 Å². The molecule has 1 aliphatic carbocycles. The van der Waals surface area contributed by atoms with Crippen LogP contribution in [0.25, 0.3) is 0 Å². The summed E-state index contributed by atoms with van der Waals surface area (Å²) in [5, 5.41) is 4.26. The van der Waals surface area contributed by atoms with Crippen molar-refractivity contribution in [3.8, 4) is 0 Å². The number of hydrogen-bond donors (Lipinski definition) is 2. The lowest BCUT2D eigenvalue weighted by atomic mass is 9.76. The third kappa shape index (κ3) is 2.71. The first-order valence-corrected chi connectivity index (χ1v) is 5.86. The van der Waals surface area contributed by atoms with Gasteiger partial charge in [0.15, 0.2) is 0 Å². The van der Waals surface area contributed by atoms with Crippen molar-refractivity contribution in [1.82, 2.24) is 5.32 Å². The third-order valence-corrected chi connectivity index (χ3v) is 3.27. The molecule has 2 rings (SSSR count). The Morgan fingerprint density at radius 2 is 2.20 bits per heavy atom. The minimum atomic E-state index is 0.650. The second-order valence-corrected chi connectivity index (χ2v) is 4.60. The Morgan fingerprint density at radius 1 is 1.40 bits per heavy atom. The van der Waals surface area contributed by atoms with Gasteiger partial charge in [-0.2, -0.15) is 0 Å². The van der Waals surface area contributed by atoms with E-state index in [0.29, 0.717) is 12.0 Å². The number of rotatable bonds is 4. The van der Waals surface area contributed by atoms with E-state index in [-0.39, 0.29) is 0 Å². The number of nitrogens with one attached hydrogen (secondary N) is 1. The van der Waals surface area contributed by atoms with Crippen LogP contribution in [0.1, 0.15) is 24.3 Å². The molecule has 1 aliphatic rings. The molecule has 0 saturated heterocycles. The molecule has 1 fully saturated rings. The topological polar surface area (TPSA) is 38.0 Å². The molecular formula is C12H17ClN2. The van der Waals surface area contributed by atoms with Crippen molar-refractivity contribution < 1.29 is 0 Å². The Bertz CT molecular complexity index is 321. The molecule has 0 radical (unpaired) electrons. The van der Waals surface area contributed by atoms with Gasteiger partial charge in [-0.15, -0.1) is 0 Å². The molecular weight excluding hydrogens is 208 g/mol. The van der Waals surface area contributed by atoms with Gasteiger partial charge in [0.1, 0.15) is 0 Å². The Kier molecular flexibility index (Phi) is 3.62. The summed E-state index contributed by atoms with van der Waals surface area (Å²) < 4.78 is 0. The maximum Gasteiger partial charge on any atom is 0.0408 e. The van der Waals surface area contributed by atoms with Crippen LogP contribution in [0.4, 0.5) is 0 Å². The zero-order chi connectivity index (χ0) is 10.7. The van der Waals surface area contributed by atoms with Crippen LogP contribution in [0.15, 0.2) is 24.3 Å². The summed E-state index contributed by atoms with van der Waals surface area (Å²) in [5.41, 5.74) is 6.81. The molecule has 0 bridgehead atoms. The van der Waals surface area contributed by atoms with E-state index in [2.05, 4.69) is 17.4 Å². The highest BCUT2D eigenvalue weighted by Crippen LogP contribution is 2.37. The maximum absolute atomic E-state index is 5.96. The summed E-state index contributed by atoms with van der Waals surface area (Å²) >= 11 is 5.96. The summed E-state index contributed by atoms with van der Waals surface area (Å²) in [6, 6.07) is 8.84. The smallest absolute Gasteiger partial charge is 0.0408 e. The molecule has 1 aromatic carbocycles. The molecule has 0 unspecified atom stereocenters. The molecule has 3 N–H and O–H groups in total. The summed E-state index contributed by atoms with van der Waals surface area (Å²) in [4.78, 5) is 0. The van der Waals surface area contributed by atoms with Gasteiger partial charge in [0.25, 0.3) is 0 Å². The summed E-state index contributed by atoms with van der Waals surface area (Å²) in [6.07, 6.45) is 2.42. The van der Waals surface area contributed by atoms with Crippen LogP contribution in [-0.4, -0.2) is 19.1 Å². The monoisotopic (exact) mass is 224 g/mol. The van der Waals surface area contributed by atoms with E-state index >= 15 is 0 Å². The molecule has 3 heteroatoms. The second kappa shape index (κ2) is 4.97. The van der Waals surface area contributed by atoms with Gasteiger partial charge in [0, 0.05) is 24.2 Å². The van der Waals surface area contributed by atoms with Gasteiger partial charge in [0.2, 0.25) is 0 Å². The lowest BCUT2D eigenvalue weighted by molar-refractivity contribution is 0.294. The van der Waals surface area contributed by atoms with Gasteiger partial charge in [-0.05, 0) is 36.5 Å². The highest BCUT2D eigenvalue weighted by Gasteiger charge is 2.29. The number of halogens is 1. The fraction of sp³-hybridized carbons (Fsp3) is 0.500. The van der Waals surface area contributed by atoms with Gasteiger partial charge in [-0.3, -0.25) is 0 Å². The van der Waals surface area contributed by atoms with Crippen molar-refractivity contribution in [3.05, 3.63) is 34.9 Å². The molecule has 1 aromatic rings. The molecule has 0 aliphatic heterocycles. The fourth-order valence-electron chi connectivity index (χ4n) is 2.10. The van der Waals surface area contributed by atoms with Crippen LogP contribution < -0.4 is 11.1 Å². The molecule has 0 heterocycles. The molecule has 2 nitrogen and oxygen atoms in total. The van der Waals surface area contributed by atoms with E-state index in [1.165, 1.54) is 18.4 Å². The average molecular weight is 225 g/mol. The van der Waals surface area contributed by atoms with Gasteiger partial charge < -0.3 is 11.1 Å². The largest absolute Gasteiger partial charge is 0.329 e. The normalized spacial score (nSPS) is 24.9. The number of nitrogens with two attached hydrogens (primary N) is 1. The molecule has 82 valence electrons. The third-order valence-electron chi connectivity index (χ3n) is 3.04. The van der Waals surface area contributed by atoms with Crippen LogP contribution in [-0.2, 0) is 0 Å². The van der Waals surface area contributed by atoms with Crippen LogP contribution in [0.3, 0.4) is 0 Å². The highest BCUT2D eigenvalue weighted by molar-refractivity contribution is 6.30. The van der Waals surface area contributed by atoms with Gasteiger partial charge in [-0.1, -0.05) is 23.7 Å². The Morgan fingerprint density at radius 3 is 2.87 bits per heavy atom. The Hall–Kier alpha value is -0.570. The minimum Gasteiger partial charge on any atom is -0.329 e. The van der Waals surface area contributed by atoms with Crippen molar-refractivity contribution in [2.24, 2.45) is 5.73 Å². The van der Waals surface area contributed by atoms with Crippen molar-refractivity contribution in [1.29, 1.82) is 0 Å². The minimum absolute atomic E-state index is 0.650. The van der Waals surface area contributed by atoms with E-state index < -0.39 is 0 Å². The number of benzene rings is 1. The summed E-state index contributed by atoms with van der Waals surface area (Å²) in [6.45, 7) is 1.64.